The third-order valence-electron chi connectivity index (χ3n) is 2.42. The molecule has 0 amide bonds. The van der Waals surface area contributed by atoms with Gasteiger partial charge in [0.25, 0.3) is 5.56 Å². The first kappa shape index (κ1) is 12.7. The maximum Gasteiger partial charge on any atom is 0.268 e. The molecular formula is C11H19N3O2. The SMILES string of the molecule is CCN(CC)c1cnn(C[C@H](C)O)c(=O)c1. The molecule has 0 aliphatic carbocycles. The van der Waals surface area contributed by atoms with E-state index in [4.69, 9.17) is 0 Å². The van der Waals surface area contributed by atoms with E-state index in [0.29, 0.717) is 0 Å². The first-order chi connectivity index (χ1) is 7.58. The minimum Gasteiger partial charge on any atom is -0.391 e. The Labute approximate surface area is 95.3 Å². The summed E-state index contributed by atoms with van der Waals surface area (Å²) in [6, 6.07) is 1.56. The van der Waals surface area contributed by atoms with E-state index in [0.717, 1.165) is 18.8 Å². The number of aliphatic hydroxyl groups is 1. The van der Waals surface area contributed by atoms with Crippen molar-refractivity contribution in [3.05, 3.63) is 22.6 Å². The molecule has 0 aliphatic heterocycles. The second-order valence-corrected chi connectivity index (χ2v) is 3.76. The highest BCUT2D eigenvalue weighted by atomic mass is 16.3. The van der Waals surface area contributed by atoms with E-state index in [2.05, 4.69) is 10.00 Å². The molecule has 1 aromatic rings. The first-order valence-corrected chi connectivity index (χ1v) is 5.58. The van der Waals surface area contributed by atoms with Crippen molar-refractivity contribution in [2.75, 3.05) is 18.0 Å². The Bertz CT molecular complexity index is 383. The molecule has 0 aliphatic rings. The Morgan fingerprint density at radius 2 is 2.12 bits per heavy atom. The maximum absolute atomic E-state index is 11.7. The molecule has 0 fully saturated rings. The van der Waals surface area contributed by atoms with Crippen molar-refractivity contribution in [1.82, 2.24) is 9.78 Å². The topological polar surface area (TPSA) is 58.4 Å². The van der Waals surface area contributed by atoms with Crippen LogP contribution in [0.2, 0.25) is 0 Å². The van der Waals surface area contributed by atoms with Crippen molar-refractivity contribution in [2.24, 2.45) is 0 Å². The van der Waals surface area contributed by atoms with E-state index in [9.17, 15) is 9.90 Å². The predicted molar refractivity (Wildman–Crippen MR) is 63.7 cm³/mol. The summed E-state index contributed by atoms with van der Waals surface area (Å²) in [4.78, 5) is 13.7. The second kappa shape index (κ2) is 5.65. The Morgan fingerprint density at radius 1 is 1.50 bits per heavy atom. The van der Waals surface area contributed by atoms with Crippen molar-refractivity contribution in [1.29, 1.82) is 0 Å². The molecule has 1 atom stereocenters. The standard InChI is InChI=1S/C11H19N3O2/c1-4-13(5-2)10-6-11(16)14(12-7-10)8-9(3)15/h6-7,9,15H,4-5,8H2,1-3H3/t9-/m0/s1. The van der Waals surface area contributed by atoms with Crippen molar-refractivity contribution in [3.8, 4) is 0 Å². The average molecular weight is 225 g/mol. The molecule has 1 heterocycles. The minimum absolute atomic E-state index is 0.176. The Morgan fingerprint density at radius 3 is 2.56 bits per heavy atom. The van der Waals surface area contributed by atoms with Gasteiger partial charge in [0.05, 0.1) is 24.5 Å². The molecule has 5 nitrogen and oxygen atoms in total. The predicted octanol–water partition coefficient (Wildman–Crippen LogP) is 0.470. The summed E-state index contributed by atoms with van der Waals surface area (Å²) in [6.45, 7) is 7.62. The summed E-state index contributed by atoms with van der Waals surface area (Å²) in [5.74, 6) is 0. The molecule has 0 bridgehead atoms. The van der Waals surface area contributed by atoms with Gasteiger partial charge in [0.1, 0.15) is 0 Å². The molecule has 5 heteroatoms. The van der Waals surface area contributed by atoms with E-state index in [-0.39, 0.29) is 12.1 Å². The molecule has 0 saturated heterocycles. The van der Waals surface area contributed by atoms with Crippen LogP contribution in [0.1, 0.15) is 20.8 Å². The van der Waals surface area contributed by atoms with Gasteiger partial charge in [-0.1, -0.05) is 0 Å². The summed E-state index contributed by atoms with van der Waals surface area (Å²) in [5.41, 5.74) is 0.655. The second-order valence-electron chi connectivity index (χ2n) is 3.76. The van der Waals surface area contributed by atoms with Gasteiger partial charge < -0.3 is 10.0 Å². The van der Waals surface area contributed by atoms with Gasteiger partial charge in [0.15, 0.2) is 0 Å². The van der Waals surface area contributed by atoms with Crippen LogP contribution in [0.25, 0.3) is 0 Å². The van der Waals surface area contributed by atoms with Gasteiger partial charge in [0, 0.05) is 19.2 Å². The van der Waals surface area contributed by atoms with Crippen molar-refractivity contribution in [2.45, 2.75) is 33.4 Å². The van der Waals surface area contributed by atoms with Gasteiger partial charge in [0.2, 0.25) is 0 Å². The van der Waals surface area contributed by atoms with Gasteiger partial charge in [-0.15, -0.1) is 0 Å². The largest absolute Gasteiger partial charge is 0.391 e. The van der Waals surface area contributed by atoms with E-state index < -0.39 is 6.10 Å². The molecular weight excluding hydrogens is 206 g/mol. The zero-order valence-electron chi connectivity index (χ0n) is 10.1. The molecule has 0 aromatic carbocycles. The third-order valence-corrected chi connectivity index (χ3v) is 2.42. The molecule has 0 unspecified atom stereocenters. The fourth-order valence-electron chi connectivity index (χ4n) is 1.57. The number of rotatable bonds is 5. The summed E-state index contributed by atoms with van der Waals surface area (Å²) in [7, 11) is 0. The maximum atomic E-state index is 11.7. The lowest BCUT2D eigenvalue weighted by Gasteiger charge is -2.20. The zero-order chi connectivity index (χ0) is 12.1. The lowest BCUT2D eigenvalue weighted by molar-refractivity contribution is 0.166. The average Bonchev–Trinajstić information content (AvgIpc) is 2.23. The van der Waals surface area contributed by atoms with Gasteiger partial charge in [-0.25, -0.2) is 4.68 Å². The molecule has 1 N–H and O–H groups in total. The van der Waals surface area contributed by atoms with Crippen molar-refractivity contribution in [3.63, 3.8) is 0 Å². The van der Waals surface area contributed by atoms with Gasteiger partial charge in [-0.2, -0.15) is 5.10 Å². The summed E-state index contributed by atoms with van der Waals surface area (Å²) >= 11 is 0. The quantitative estimate of drug-likeness (QED) is 0.791. The first-order valence-electron chi connectivity index (χ1n) is 5.58. The summed E-state index contributed by atoms with van der Waals surface area (Å²) in [5, 5.41) is 13.2. The smallest absolute Gasteiger partial charge is 0.268 e. The van der Waals surface area contributed by atoms with E-state index >= 15 is 0 Å². The fraction of sp³-hybridized carbons (Fsp3) is 0.636. The highest BCUT2D eigenvalue weighted by Crippen LogP contribution is 2.08. The fourth-order valence-corrected chi connectivity index (χ4v) is 1.57. The molecule has 0 spiro atoms. The zero-order valence-corrected chi connectivity index (χ0v) is 10.1. The summed E-state index contributed by atoms with van der Waals surface area (Å²) in [6.07, 6.45) is 1.10. The van der Waals surface area contributed by atoms with Crippen LogP contribution in [0.5, 0.6) is 0 Å². The Balaban J connectivity index is 2.94. The van der Waals surface area contributed by atoms with E-state index in [1.54, 1.807) is 19.2 Å². The van der Waals surface area contributed by atoms with Crippen LogP contribution >= 0.6 is 0 Å². The van der Waals surface area contributed by atoms with Crippen LogP contribution in [-0.2, 0) is 6.54 Å². The highest BCUT2D eigenvalue weighted by molar-refractivity contribution is 5.42. The number of aliphatic hydroxyl groups excluding tert-OH is 1. The summed E-state index contributed by atoms with van der Waals surface area (Å²) < 4.78 is 1.28. The van der Waals surface area contributed by atoms with Crippen molar-refractivity contribution >= 4 is 5.69 Å². The molecule has 1 aromatic heterocycles. The van der Waals surface area contributed by atoms with E-state index in [1.807, 2.05) is 13.8 Å². The molecule has 90 valence electrons. The Kier molecular flexibility index (Phi) is 4.49. The van der Waals surface area contributed by atoms with Gasteiger partial charge in [-0.3, -0.25) is 4.79 Å². The van der Waals surface area contributed by atoms with Crippen LogP contribution in [0, 0.1) is 0 Å². The third kappa shape index (κ3) is 3.06. The van der Waals surface area contributed by atoms with Crippen LogP contribution < -0.4 is 10.5 Å². The molecule has 1 rings (SSSR count). The Hall–Kier alpha value is -1.36. The van der Waals surface area contributed by atoms with Gasteiger partial charge >= 0.3 is 0 Å². The highest BCUT2D eigenvalue weighted by Gasteiger charge is 2.06. The number of nitrogens with zero attached hydrogens (tertiary/aromatic N) is 3. The van der Waals surface area contributed by atoms with E-state index in [1.165, 1.54) is 4.68 Å². The number of aromatic nitrogens is 2. The van der Waals surface area contributed by atoms with Crippen molar-refractivity contribution < 1.29 is 5.11 Å². The van der Waals surface area contributed by atoms with Crippen LogP contribution in [0.4, 0.5) is 5.69 Å². The van der Waals surface area contributed by atoms with Crippen LogP contribution in [0.15, 0.2) is 17.1 Å². The monoisotopic (exact) mass is 225 g/mol. The molecule has 0 radical (unpaired) electrons. The van der Waals surface area contributed by atoms with Crippen LogP contribution in [-0.4, -0.2) is 34.1 Å². The lowest BCUT2D eigenvalue weighted by Crippen LogP contribution is -2.30. The number of hydrogen-bond donors (Lipinski definition) is 1. The normalized spacial score (nSPS) is 12.5. The number of hydrogen-bond acceptors (Lipinski definition) is 4. The molecule has 16 heavy (non-hydrogen) atoms. The molecule has 0 saturated carbocycles. The number of anilines is 1. The lowest BCUT2D eigenvalue weighted by atomic mass is 10.3. The van der Waals surface area contributed by atoms with Crippen LogP contribution in [0.3, 0.4) is 0 Å². The van der Waals surface area contributed by atoms with Gasteiger partial charge in [-0.05, 0) is 20.8 Å². The minimum atomic E-state index is -0.565.